The molecule has 1 aliphatic rings. The lowest BCUT2D eigenvalue weighted by molar-refractivity contribution is -0.118. The van der Waals surface area contributed by atoms with Crippen molar-refractivity contribution in [2.75, 3.05) is 19.5 Å². The Morgan fingerprint density at radius 1 is 1.30 bits per heavy atom. The van der Waals surface area contributed by atoms with Crippen molar-refractivity contribution in [1.82, 2.24) is 5.32 Å². The Labute approximate surface area is 164 Å². The molecule has 1 N–H and O–H groups in total. The molecule has 0 spiro atoms. The molecule has 5 nitrogen and oxygen atoms in total. The fourth-order valence-electron chi connectivity index (χ4n) is 2.98. The number of amides is 1. The zero-order valence-electron chi connectivity index (χ0n) is 15.9. The van der Waals surface area contributed by atoms with Gasteiger partial charge in [-0.1, -0.05) is 0 Å². The minimum atomic E-state index is -0.0203. The first-order valence-corrected chi connectivity index (χ1v) is 10.1. The third-order valence-electron chi connectivity index (χ3n) is 4.28. The largest absolute Gasteiger partial charge is 0.497 e. The summed E-state index contributed by atoms with van der Waals surface area (Å²) >= 11 is 1.49. The first-order chi connectivity index (χ1) is 13.1. The van der Waals surface area contributed by atoms with Gasteiger partial charge >= 0.3 is 0 Å². The average Bonchev–Trinajstić information content (AvgIpc) is 3.04. The summed E-state index contributed by atoms with van der Waals surface area (Å²) in [5.41, 5.74) is 2.10. The molecule has 0 radical (unpaired) electrons. The van der Waals surface area contributed by atoms with Crippen LogP contribution in [0.15, 0.2) is 41.3 Å². The van der Waals surface area contributed by atoms with Gasteiger partial charge in [-0.15, -0.1) is 11.8 Å². The van der Waals surface area contributed by atoms with Crippen LogP contribution in [0.1, 0.15) is 25.0 Å². The molecule has 27 heavy (non-hydrogen) atoms. The van der Waals surface area contributed by atoms with E-state index in [0.29, 0.717) is 18.9 Å². The number of carbonyl (C=O) groups excluding carboxylic acids is 1. The van der Waals surface area contributed by atoms with Crippen LogP contribution in [0.25, 0.3) is 0 Å². The monoisotopic (exact) mass is 387 g/mol. The molecule has 0 aliphatic carbocycles. The molecule has 6 heteroatoms. The highest BCUT2D eigenvalue weighted by atomic mass is 32.2. The van der Waals surface area contributed by atoms with Gasteiger partial charge in [0.25, 0.3) is 0 Å². The van der Waals surface area contributed by atoms with E-state index in [1.54, 1.807) is 7.11 Å². The fourth-order valence-corrected chi connectivity index (χ4v) is 3.70. The molecule has 2 aromatic carbocycles. The Balaban J connectivity index is 1.57. The topological polar surface area (TPSA) is 56.8 Å². The van der Waals surface area contributed by atoms with Crippen molar-refractivity contribution in [3.63, 3.8) is 0 Å². The zero-order valence-corrected chi connectivity index (χ0v) is 16.7. The van der Waals surface area contributed by atoms with Crippen LogP contribution in [-0.4, -0.2) is 31.5 Å². The van der Waals surface area contributed by atoms with Crippen LogP contribution in [-0.2, 0) is 17.8 Å². The number of hydrogen-bond acceptors (Lipinski definition) is 5. The molecule has 3 rings (SSSR count). The Morgan fingerprint density at radius 3 is 2.78 bits per heavy atom. The summed E-state index contributed by atoms with van der Waals surface area (Å²) in [4.78, 5) is 13.3. The minimum absolute atomic E-state index is 0.0203. The van der Waals surface area contributed by atoms with Crippen molar-refractivity contribution in [2.24, 2.45) is 0 Å². The summed E-state index contributed by atoms with van der Waals surface area (Å²) in [7, 11) is 1.64. The third-order valence-corrected chi connectivity index (χ3v) is 5.30. The molecular formula is C21H25NO4S. The van der Waals surface area contributed by atoms with Crippen molar-refractivity contribution >= 4 is 17.7 Å². The molecule has 0 aromatic heterocycles. The van der Waals surface area contributed by atoms with E-state index in [-0.39, 0.29) is 12.0 Å². The summed E-state index contributed by atoms with van der Waals surface area (Å²) in [6.07, 6.45) is 1.07. The molecule has 1 unspecified atom stereocenters. The number of carbonyl (C=O) groups is 1. The molecule has 0 saturated carbocycles. The van der Waals surface area contributed by atoms with Gasteiger partial charge in [-0.3, -0.25) is 4.79 Å². The van der Waals surface area contributed by atoms with Crippen molar-refractivity contribution < 1.29 is 19.0 Å². The molecule has 0 bridgehead atoms. The van der Waals surface area contributed by atoms with Gasteiger partial charge in [0.1, 0.15) is 23.4 Å². The molecule has 144 valence electrons. The fraction of sp³-hybridized carbons (Fsp3) is 0.381. The molecule has 1 atom stereocenters. The number of fused-ring (bicyclic) bond motifs is 1. The van der Waals surface area contributed by atoms with Crippen LogP contribution in [0.5, 0.6) is 17.2 Å². The van der Waals surface area contributed by atoms with E-state index in [1.165, 1.54) is 11.8 Å². The van der Waals surface area contributed by atoms with Crippen LogP contribution in [0, 0.1) is 0 Å². The maximum absolute atomic E-state index is 12.2. The second-order valence-electron chi connectivity index (χ2n) is 6.37. The predicted octanol–water partition coefficient (Wildman–Crippen LogP) is 3.83. The lowest BCUT2D eigenvalue weighted by Gasteiger charge is -2.13. The van der Waals surface area contributed by atoms with Crippen molar-refractivity contribution in [2.45, 2.75) is 37.8 Å². The summed E-state index contributed by atoms with van der Waals surface area (Å²) < 4.78 is 16.7. The van der Waals surface area contributed by atoms with Crippen LogP contribution < -0.4 is 19.5 Å². The highest BCUT2D eigenvalue weighted by molar-refractivity contribution is 8.00. The van der Waals surface area contributed by atoms with Gasteiger partial charge in [0.15, 0.2) is 0 Å². The van der Waals surface area contributed by atoms with Gasteiger partial charge in [-0.05, 0) is 50.2 Å². The highest BCUT2D eigenvalue weighted by Crippen LogP contribution is 2.35. The zero-order chi connectivity index (χ0) is 19.2. The number of rotatable bonds is 8. The van der Waals surface area contributed by atoms with Crippen LogP contribution in [0.4, 0.5) is 0 Å². The molecule has 0 fully saturated rings. The van der Waals surface area contributed by atoms with Crippen LogP contribution in [0.3, 0.4) is 0 Å². The van der Waals surface area contributed by atoms with E-state index >= 15 is 0 Å². The summed E-state index contributed by atoms with van der Waals surface area (Å²) in [5.74, 6) is 2.85. The molecule has 2 aromatic rings. The first kappa shape index (κ1) is 19.4. The smallest absolute Gasteiger partial charge is 0.230 e. The van der Waals surface area contributed by atoms with Crippen molar-refractivity contribution in [1.29, 1.82) is 0 Å². The molecule has 0 saturated heterocycles. The summed E-state index contributed by atoms with van der Waals surface area (Å²) in [5, 5.41) is 2.97. The quantitative estimate of drug-likeness (QED) is 0.698. The number of methoxy groups -OCH3 is 1. The van der Waals surface area contributed by atoms with E-state index < -0.39 is 0 Å². The first-order valence-electron chi connectivity index (χ1n) is 9.07. The maximum Gasteiger partial charge on any atom is 0.230 e. The number of nitrogens with one attached hydrogen (secondary N) is 1. The Kier molecular flexibility index (Phi) is 6.50. The van der Waals surface area contributed by atoms with Gasteiger partial charge in [0.05, 0.1) is 19.5 Å². The van der Waals surface area contributed by atoms with E-state index in [9.17, 15) is 4.79 Å². The molecule has 1 heterocycles. The minimum Gasteiger partial charge on any atom is -0.497 e. The number of thioether (sulfide) groups is 1. The summed E-state index contributed by atoms with van der Waals surface area (Å²) in [6, 6.07) is 11.7. The lowest BCUT2D eigenvalue weighted by Crippen LogP contribution is -2.24. The van der Waals surface area contributed by atoms with Gasteiger partial charge in [-0.2, -0.15) is 0 Å². The highest BCUT2D eigenvalue weighted by Gasteiger charge is 2.22. The third kappa shape index (κ3) is 5.10. The molecule has 1 aliphatic heterocycles. The Bertz CT molecular complexity index is 792. The van der Waals surface area contributed by atoms with Crippen LogP contribution >= 0.6 is 11.8 Å². The van der Waals surface area contributed by atoms with Gasteiger partial charge < -0.3 is 19.5 Å². The van der Waals surface area contributed by atoms with E-state index in [4.69, 9.17) is 14.2 Å². The van der Waals surface area contributed by atoms with E-state index in [2.05, 4.69) is 12.2 Å². The average molecular weight is 388 g/mol. The van der Waals surface area contributed by atoms with Gasteiger partial charge in [-0.25, -0.2) is 0 Å². The lowest BCUT2D eigenvalue weighted by atomic mass is 10.1. The number of hydrogen-bond donors (Lipinski definition) is 1. The number of benzene rings is 2. The van der Waals surface area contributed by atoms with E-state index in [1.807, 2.05) is 43.3 Å². The van der Waals surface area contributed by atoms with Gasteiger partial charge in [0.2, 0.25) is 5.91 Å². The summed E-state index contributed by atoms with van der Waals surface area (Å²) in [6.45, 7) is 5.02. The standard InChI is InChI=1S/C21H25NO4S/c1-4-25-19-10-15-9-14(2)26-20(15)11-16(19)12-22-21(23)13-27-18-7-5-17(24-3)6-8-18/h5-8,10-11,14H,4,9,12-13H2,1-3H3,(H,22,23). The maximum atomic E-state index is 12.2. The van der Waals surface area contributed by atoms with Crippen molar-refractivity contribution in [3.8, 4) is 17.2 Å². The molecule has 1 amide bonds. The Hall–Kier alpha value is -2.34. The second-order valence-corrected chi connectivity index (χ2v) is 7.42. The predicted molar refractivity (Wildman–Crippen MR) is 107 cm³/mol. The normalized spacial score (nSPS) is 15.0. The SMILES string of the molecule is CCOc1cc2c(cc1CNC(=O)CSc1ccc(OC)cc1)OC(C)C2. The van der Waals surface area contributed by atoms with Crippen LogP contribution in [0.2, 0.25) is 0 Å². The van der Waals surface area contributed by atoms with Gasteiger partial charge in [0, 0.05) is 29.0 Å². The number of ether oxygens (including phenoxy) is 3. The molecular weight excluding hydrogens is 362 g/mol. The van der Waals surface area contributed by atoms with Crippen molar-refractivity contribution in [3.05, 3.63) is 47.5 Å². The Morgan fingerprint density at radius 2 is 2.07 bits per heavy atom. The van der Waals surface area contributed by atoms with E-state index in [0.717, 1.165) is 39.7 Å². The second kappa shape index (κ2) is 9.04.